The molecule has 2 heteroatoms. The smallest absolute Gasteiger partial charge is 0.0914 e. The summed E-state index contributed by atoms with van der Waals surface area (Å²) in [4.78, 5) is 0. The molecule has 0 amide bonds. The number of aliphatic hydroxyl groups is 1. The van der Waals surface area contributed by atoms with Crippen molar-refractivity contribution in [3.8, 4) is 0 Å². The summed E-state index contributed by atoms with van der Waals surface area (Å²) in [6, 6.07) is 10.5. The van der Waals surface area contributed by atoms with Crippen LogP contribution in [0.4, 0.5) is 0 Å². The van der Waals surface area contributed by atoms with Crippen molar-refractivity contribution in [3.05, 3.63) is 35.9 Å². The van der Waals surface area contributed by atoms with Gasteiger partial charge in [0.15, 0.2) is 0 Å². The molecule has 0 aliphatic heterocycles. The topological polar surface area (TPSA) is 32.3 Å². The number of hydrogen-bond donors (Lipinski definition) is 2. The maximum atomic E-state index is 10.0. The van der Waals surface area contributed by atoms with Crippen molar-refractivity contribution in [2.75, 3.05) is 6.54 Å². The molecule has 0 heterocycles. The third-order valence-electron chi connectivity index (χ3n) is 3.80. The Kier molecular flexibility index (Phi) is 4.57. The number of rotatable bonds is 4. The molecule has 1 fully saturated rings. The monoisotopic (exact) mass is 233 g/mol. The van der Waals surface area contributed by atoms with Crippen LogP contribution in [0.15, 0.2) is 30.3 Å². The van der Waals surface area contributed by atoms with Gasteiger partial charge < -0.3 is 10.4 Å². The van der Waals surface area contributed by atoms with Gasteiger partial charge in [-0.15, -0.1) is 0 Å². The lowest BCUT2D eigenvalue weighted by molar-refractivity contribution is 0.163. The molecule has 1 atom stereocenters. The maximum Gasteiger partial charge on any atom is 0.0914 e. The summed E-state index contributed by atoms with van der Waals surface area (Å²) in [5.74, 6) is 0.882. The molecule has 1 unspecified atom stereocenters. The highest BCUT2D eigenvalue weighted by molar-refractivity contribution is 5.17. The zero-order valence-electron chi connectivity index (χ0n) is 10.6. The number of hydrogen-bond acceptors (Lipinski definition) is 2. The van der Waals surface area contributed by atoms with Gasteiger partial charge in [0.2, 0.25) is 0 Å². The van der Waals surface area contributed by atoms with E-state index in [9.17, 15) is 5.11 Å². The summed E-state index contributed by atoms with van der Waals surface area (Å²) in [5, 5.41) is 13.5. The zero-order valence-corrected chi connectivity index (χ0v) is 10.6. The fourth-order valence-corrected chi connectivity index (χ4v) is 2.54. The third-order valence-corrected chi connectivity index (χ3v) is 3.80. The van der Waals surface area contributed by atoms with E-state index in [0.29, 0.717) is 12.6 Å². The minimum atomic E-state index is -0.379. The van der Waals surface area contributed by atoms with Crippen molar-refractivity contribution in [3.63, 3.8) is 0 Å². The van der Waals surface area contributed by atoms with Gasteiger partial charge in [0.05, 0.1) is 6.10 Å². The highest BCUT2D eigenvalue weighted by Crippen LogP contribution is 2.23. The van der Waals surface area contributed by atoms with Crippen molar-refractivity contribution in [1.29, 1.82) is 0 Å². The van der Waals surface area contributed by atoms with E-state index in [2.05, 4.69) is 12.2 Å². The van der Waals surface area contributed by atoms with Gasteiger partial charge in [-0.3, -0.25) is 0 Å². The lowest BCUT2D eigenvalue weighted by Gasteiger charge is -2.28. The molecule has 2 rings (SSSR count). The van der Waals surface area contributed by atoms with Gasteiger partial charge in [-0.2, -0.15) is 0 Å². The van der Waals surface area contributed by atoms with Crippen molar-refractivity contribution < 1.29 is 5.11 Å². The van der Waals surface area contributed by atoms with Gasteiger partial charge in [0, 0.05) is 12.6 Å². The number of nitrogens with one attached hydrogen (secondary N) is 1. The highest BCUT2D eigenvalue weighted by atomic mass is 16.3. The molecule has 0 spiro atoms. The minimum Gasteiger partial charge on any atom is -0.387 e. The SMILES string of the molecule is C[C@H]1CC[C@H](NCC(O)c2ccccc2)CC1. The lowest BCUT2D eigenvalue weighted by Crippen LogP contribution is -2.35. The first-order valence-electron chi connectivity index (χ1n) is 6.72. The summed E-state index contributed by atoms with van der Waals surface area (Å²) < 4.78 is 0. The quantitative estimate of drug-likeness (QED) is 0.838. The molecule has 1 aromatic carbocycles. The molecule has 0 saturated heterocycles. The van der Waals surface area contributed by atoms with Crippen LogP contribution in [0.2, 0.25) is 0 Å². The summed E-state index contributed by atoms with van der Waals surface area (Å²) in [6.07, 6.45) is 4.76. The Hall–Kier alpha value is -0.860. The largest absolute Gasteiger partial charge is 0.387 e. The van der Waals surface area contributed by atoms with E-state index in [0.717, 1.165) is 11.5 Å². The molecule has 94 valence electrons. The van der Waals surface area contributed by atoms with Gasteiger partial charge in [0.25, 0.3) is 0 Å². The van der Waals surface area contributed by atoms with Crippen LogP contribution in [0, 0.1) is 5.92 Å². The summed E-state index contributed by atoms with van der Waals surface area (Å²) in [7, 11) is 0. The van der Waals surface area contributed by atoms with Gasteiger partial charge in [0.1, 0.15) is 0 Å². The van der Waals surface area contributed by atoms with Crippen LogP contribution < -0.4 is 5.32 Å². The molecular weight excluding hydrogens is 210 g/mol. The van der Waals surface area contributed by atoms with Crippen molar-refractivity contribution in [1.82, 2.24) is 5.32 Å². The van der Waals surface area contributed by atoms with Crippen molar-refractivity contribution >= 4 is 0 Å². The second-order valence-electron chi connectivity index (χ2n) is 5.29. The molecule has 1 aromatic rings. The molecule has 1 aliphatic rings. The van der Waals surface area contributed by atoms with Gasteiger partial charge in [-0.1, -0.05) is 37.3 Å². The Bertz CT molecular complexity index is 317. The van der Waals surface area contributed by atoms with Crippen LogP contribution in [0.5, 0.6) is 0 Å². The van der Waals surface area contributed by atoms with Gasteiger partial charge in [-0.05, 0) is 37.2 Å². The van der Waals surface area contributed by atoms with Crippen LogP contribution in [0.3, 0.4) is 0 Å². The predicted molar refractivity (Wildman–Crippen MR) is 70.8 cm³/mol. The molecule has 17 heavy (non-hydrogen) atoms. The molecule has 1 saturated carbocycles. The molecular formula is C15H23NO. The standard InChI is InChI=1S/C15H23NO/c1-12-7-9-14(10-8-12)16-11-15(17)13-5-3-2-4-6-13/h2-6,12,14-17H,7-11H2,1H3/t12-,14-,15?. The Morgan fingerprint density at radius 2 is 1.82 bits per heavy atom. The second kappa shape index (κ2) is 6.18. The number of aliphatic hydroxyl groups excluding tert-OH is 1. The van der Waals surface area contributed by atoms with Crippen molar-refractivity contribution in [2.45, 2.75) is 44.8 Å². The zero-order chi connectivity index (χ0) is 12.1. The summed E-state index contributed by atoms with van der Waals surface area (Å²) >= 11 is 0. The average Bonchev–Trinajstić information content (AvgIpc) is 2.39. The fourth-order valence-electron chi connectivity index (χ4n) is 2.54. The normalized spacial score (nSPS) is 26.7. The van der Waals surface area contributed by atoms with Crippen molar-refractivity contribution in [2.24, 2.45) is 5.92 Å². The molecule has 2 nitrogen and oxygen atoms in total. The average molecular weight is 233 g/mol. The third kappa shape index (κ3) is 3.83. The molecule has 0 aromatic heterocycles. The maximum absolute atomic E-state index is 10.0. The van der Waals surface area contributed by atoms with Gasteiger partial charge >= 0.3 is 0 Å². The first kappa shape index (κ1) is 12.6. The van der Waals surface area contributed by atoms with Crippen LogP contribution >= 0.6 is 0 Å². The van der Waals surface area contributed by atoms with E-state index in [1.807, 2.05) is 30.3 Å². The van der Waals surface area contributed by atoms with E-state index in [1.165, 1.54) is 25.7 Å². The minimum absolute atomic E-state index is 0.379. The van der Waals surface area contributed by atoms with E-state index in [1.54, 1.807) is 0 Å². The van der Waals surface area contributed by atoms with E-state index < -0.39 is 0 Å². The predicted octanol–water partition coefficient (Wildman–Crippen LogP) is 2.89. The van der Waals surface area contributed by atoms with Crippen LogP contribution in [0.1, 0.15) is 44.3 Å². The Morgan fingerprint density at radius 3 is 2.47 bits per heavy atom. The molecule has 0 radical (unpaired) electrons. The van der Waals surface area contributed by atoms with Crippen LogP contribution in [-0.4, -0.2) is 17.7 Å². The first-order valence-corrected chi connectivity index (χ1v) is 6.72. The Balaban J connectivity index is 1.75. The molecule has 0 bridgehead atoms. The van der Waals surface area contributed by atoms with E-state index in [4.69, 9.17) is 0 Å². The van der Waals surface area contributed by atoms with Crippen LogP contribution in [-0.2, 0) is 0 Å². The fraction of sp³-hybridized carbons (Fsp3) is 0.600. The highest BCUT2D eigenvalue weighted by Gasteiger charge is 2.18. The summed E-state index contributed by atoms with van der Waals surface area (Å²) in [5.41, 5.74) is 1.00. The Morgan fingerprint density at radius 1 is 1.18 bits per heavy atom. The number of benzene rings is 1. The molecule has 1 aliphatic carbocycles. The van der Waals surface area contributed by atoms with Gasteiger partial charge in [-0.25, -0.2) is 0 Å². The summed E-state index contributed by atoms with van der Waals surface area (Å²) in [6.45, 7) is 3.00. The van der Waals surface area contributed by atoms with E-state index in [-0.39, 0.29) is 6.10 Å². The Labute approximate surface area is 104 Å². The lowest BCUT2D eigenvalue weighted by atomic mass is 9.87. The second-order valence-corrected chi connectivity index (χ2v) is 5.29. The van der Waals surface area contributed by atoms with Crippen LogP contribution in [0.25, 0.3) is 0 Å². The van der Waals surface area contributed by atoms with E-state index >= 15 is 0 Å². The molecule has 2 N–H and O–H groups in total. The first-order chi connectivity index (χ1) is 8.25.